The van der Waals surface area contributed by atoms with Gasteiger partial charge < -0.3 is 19.9 Å². The lowest BCUT2D eigenvalue weighted by atomic mass is 10.0. The highest BCUT2D eigenvalue weighted by molar-refractivity contribution is 5.96. The van der Waals surface area contributed by atoms with Crippen LogP contribution >= 0.6 is 0 Å². The molecule has 2 heterocycles. The van der Waals surface area contributed by atoms with E-state index in [1.165, 1.54) is 0 Å². The molecule has 0 saturated carbocycles. The maximum atomic E-state index is 12.8. The number of ether oxygens (including phenoxy) is 1. The number of anilines is 1. The summed E-state index contributed by atoms with van der Waals surface area (Å²) in [6.07, 6.45) is 4.25. The number of aryl methyl sites for hydroxylation is 1. The number of aromatic nitrogens is 1. The Labute approximate surface area is 124 Å². The zero-order valence-corrected chi connectivity index (χ0v) is 12.7. The molecule has 2 N–H and O–H groups in total. The van der Waals surface area contributed by atoms with E-state index in [0.29, 0.717) is 37.5 Å². The maximum Gasteiger partial charge on any atom is 0.328 e. The van der Waals surface area contributed by atoms with Crippen LogP contribution in [-0.2, 0) is 16.1 Å². The highest BCUT2D eigenvalue weighted by atomic mass is 16.5. The van der Waals surface area contributed by atoms with Gasteiger partial charge in [-0.15, -0.1) is 0 Å². The predicted molar refractivity (Wildman–Crippen MR) is 79.8 cm³/mol. The van der Waals surface area contributed by atoms with E-state index in [0.717, 1.165) is 12.8 Å². The fourth-order valence-corrected chi connectivity index (χ4v) is 2.78. The Balaban J connectivity index is 2.24. The molecule has 1 atom stereocenters. The molecular weight excluding hydrogens is 270 g/mol. The number of piperidine rings is 1. The molecule has 6 heteroatoms. The molecule has 1 aliphatic rings. The number of carbonyl (C=O) groups excluding carboxylic acids is 2. The van der Waals surface area contributed by atoms with Crippen molar-refractivity contribution in [2.45, 2.75) is 45.7 Å². The van der Waals surface area contributed by atoms with Crippen LogP contribution in [-0.4, -0.2) is 40.5 Å². The van der Waals surface area contributed by atoms with Crippen LogP contribution in [0.5, 0.6) is 0 Å². The van der Waals surface area contributed by atoms with E-state index >= 15 is 0 Å². The van der Waals surface area contributed by atoms with Crippen LogP contribution < -0.4 is 5.73 Å². The zero-order valence-electron chi connectivity index (χ0n) is 12.7. The summed E-state index contributed by atoms with van der Waals surface area (Å²) in [5, 5.41) is 0. The fraction of sp³-hybridized carbons (Fsp3) is 0.600. The summed E-state index contributed by atoms with van der Waals surface area (Å²) < 4.78 is 6.91. The first kappa shape index (κ1) is 15.4. The molecule has 1 aromatic heterocycles. The number of likely N-dealkylation sites (tertiary alicyclic amines) is 1. The number of hydrogen-bond donors (Lipinski definition) is 1. The Hall–Kier alpha value is -1.98. The minimum atomic E-state index is -0.479. The summed E-state index contributed by atoms with van der Waals surface area (Å²) in [7, 11) is 0. The van der Waals surface area contributed by atoms with Gasteiger partial charge >= 0.3 is 5.97 Å². The lowest BCUT2D eigenvalue weighted by Gasteiger charge is -2.34. The van der Waals surface area contributed by atoms with Gasteiger partial charge in [0.25, 0.3) is 5.91 Å². The van der Waals surface area contributed by atoms with Gasteiger partial charge in [-0.1, -0.05) is 0 Å². The summed E-state index contributed by atoms with van der Waals surface area (Å²) in [6.45, 7) is 5.30. The molecule has 1 aromatic rings. The third-order valence-electron chi connectivity index (χ3n) is 3.80. The fourth-order valence-electron chi connectivity index (χ4n) is 2.78. The van der Waals surface area contributed by atoms with Gasteiger partial charge in [-0.05, 0) is 39.2 Å². The smallest absolute Gasteiger partial charge is 0.328 e. The first-order chi connectivity index (χ1) is 10.1. The molecule has 1 unspecified atom stereocenters. The Morgan fingerprint density at radius 1 is 1.38 bits per heavy atom. The lowest BCUT2D eigenvalue weighted by molar-refractivity contribution is -0.149. The standard InChI is InChI=1S/C15H23N3O3/c1-3-17-10-11(16)9-13(17)14(19)18-8-6-5-7-12(18)15(20)21-4-2/h9-10,12H,3-8,16H2,1-2H3. The SMILES string of the molecule is CCOC(=O)C1CCCCN1C(=O)c1cc(N)cn1CC. The van der Waals surface area contributed by atoms with Gasteiger partial charge in [0, 0.05) is 19.3 Å². The van der Waals surface area contributed by atoms with Crippen LogP contribution in [0.1, 0.15) is 43.6 Å². The van der Waals surface area contributed by atoms with Crippen molar-refractivity contribution in [3.05, 3.63) is 18.0 Å². The van der Waals surface area contributed by atoms with E-state index in [1.54, 1.807) is 24.1 Å². The van der Waals surface area contributed by atoms with Crippen molar-refractivity contribution >= 4 is 17.6 Å². The normalized spacial score (nSPS) is 18.6. The summed E-state index contributed by atoms with van der Waals surface area (Å²) in [4.78, 5) is 26.4. The van der Waals surface area contributed by atoms with Gasteiger partial charge in [0.15, 0.2) is 0 Å². The summed E-state index contributed by atoms with van der Waals surface area (Å²) in [6, 6.07) is 1.19. The third-order valence-corrected chi connectivity index (χ3v) is 3.80. The van der Waals surface area contributed by atoms with Crippen LogP contribution in [0.4, 0.5) is 5.69 Å². The third kappa shape index (κ3) is 3.20. The average Bonchev–Trinajstić information content (AvgIpc) is 2.88. The van der Waals surface area contributed by atoms with E-state index in [9.17, 15) is 9.59 Å². The summed E-state index contributed by atoms with van der Waals surface area (Å²) in [5.41, 5.74) is 6.87. The van der Waals surface area contributed by atoms with Crippen molar-refractivity contribution in [1.29, 1.82) is 0 Å². The van der Waals surface area contributed by atoms with Crippen LogP contribution in [0.2, 0.25) is 0 Å². The molecule has 2 rings (SSSR count). The molecule has 1 fully saturated rings. The molecule has 1 amide bonds. The predicted octanol–water partition coefficient (Wildman–Crippen LogP) is 1.65. The van der Waals surface area contributed by atoms with Crippen LogP contribution in [0.25, 0.3) is 0 Å². The Morgan fingerprint density at radius 3 is 2.81 bits per heavy atom. The second kappa shape index (κ2) is 6.65. The second-order valence-electron chi connectivity index (χ2n) is 5.21. The van der Waals surface area contributed by atoms with Gasteiger partial charge in [-0.25, -0.2) is 4.79 Å². The van der Waals surface area contributed by atoms with Crippen molar-refractivity contribution in [2.75, 3.05) is 18.9 Å². The number of nitrogens with two attached hydrogens (primary N) is 1. The molecule has 0 bridgehead atoms. The van der Waals surface area contributed by atoms with Gasteiger partial charge in [0.1, 0.15) is 11.7 Å². The number of hydrogen-bond acceptors (Lipinski definition) is 4. The van der Waals surface area contributed by atoms with Gasteiger partial charge in [0.05, 0.1) is 12.3 Å². The zero-order chi connectivity index (χ0) is 15.4. The number of rotatable bonds is 4. The number of nitrogen functional groups attached to an aromatic ring is 1. The van der Waals surface area contributed by atoms with Crippen LogP contribution in [0, 0.1) is 0 Å². The number of amides is 1. The topological polar surface area (TPSA) is 77.6 Å². The van der Waals surface area contributed by atoms with Crippen molar-refractivity contribution in [2.24, 2.45) is 0 Å². The van der Waals surface area contributed by atoms with Crippen molar-refractivity contribution in [3.63, 3.8) is 0 Å². The quantitative estimate of drug-likeness (QED) is 0.856. The van der Waals surface area contributed by atoms with E-state index in [1.807, 2.05) is 11.5 Å². The second-order valence-corrected chi connectivity index (χ2v) is 5.21. The van der Waals surface area contributed by atoms with Crippen molar-refractivity contribution in [1.82, 2.24) is 9.47 Å². The highest BCUT2D eigenvalue weighted by Gasteiger charge is 2.34. The monoisotopic (exact) mass is 293 g/mol. The van der Waals surface area contributed by atoms with Crippen molar-refractivity contribution in [3.8, 4) is 0 Å². The van der Waals surface area contributed by atoms with Gasteiger partial charge in [-0.2, -0.15) is 0 Å². The number of carbonyl (C=O) groups is 2. The summed E-state index contributed by atoms with van der Waals surface area (Å²) in [5.74, 6) is -0.459. The number of esters is 1. The highest BCUT2D eigenvalue weighted by Crippen LogP contribution is 2.22. The van der Waals surface area contributed by atoms with Gasteiger partial charge in [0.2, 0.25) is 0 Å². The van der Waals surface area contributed by atoms with E-state index < -0.39 is 6.04 Å². The molecule has 116 valence electrons. The van der Waals surface area contributed by atoms with Crippen LogP contribution in [0.15, 0.2) is 12.3 Å². The molecule has 1 aliphatic heterocycles. The first-order valence-electron chi connectivity index (χ1n) is 7.51. The molecule has 21 heavy (non-hydrogen) atoms. The van der Waals surface area contributed by atoms with Gasteiger partial charge in [-0.3, -0.25) is 4.79 Å². The molecule has 6 nitrogen and oxygen atoms in total. The average molecular weight is 293 g/mol. The minimum Gasteiger partial charge on any atom is -0.464 e. The van der Waals surface area contributed by atoms with E-state index in [4.69, 9.17) is 10.5 Å². The molecule has 0 aromatic carbocycles. The molecule has 1 saturated heterocycles. The molecule has 0 radical (unpaired) electrons. The van der Waals surface area contributed by atoms with Crippen molar-refractivity contribution < 1.29 is 14.3 Å². The number of nitrogens with zero attached hydrogens (tertiary/aromatic N) is 2. The molecule has 0 aliphatic carbocycles. The minimum absolute atomic E-state index is 0.147. The Bertz CT molecular complexity index is 524. The molecular formula is C15H23N3O3. The summed E-state index contributed by atoms with van der Waals surface area (Å²) >= 11 is 0. The van der Waals surface area contributed by atoms with E-state index in [-0.39, 0.29) is 11.9 Å². The first-order valence-corrected chi connectivity index (χ1v) is 7.51. The largest absolute Gasteiger partial charge is 0.464 e. The Morgan fingerprint density at radius 2 is 2.14 bits per heavy atom. The Kier molecular flexibility index (Phi) is 4.88. The maximum absolute atomic E-state index is 12.8. The lowest BCUT2D eigenvalue weighted by Crippen LogP contribution is -2.49. The molecule has 0 spiro atoms. The van der Waals surface area contributed by atoms with Crippen LogP contribution in [0.3, 0.4) is 0 Å². The van der Waals surface area contributed by atoms with E-state index in [2.05, 4.69) is 0 Å².